The Morgan fingerprint density at radius 1 is 1.15 bits per heavy atom. The van der Waals surface area contributed by atoms with Gasteiger partial charge in [-0.15, -0.1) is 11.3 Å². The first kappa shape index (κ1) is 17.2. The predicted octanol–water partition coefficient (Wildman–Crippen LogP) is 2.38. The van der Waals surface area contributed by atoms with Crippen molar-refractivity contribution in [1.29, 1.82) is 0 Å². The van der Waals surface area contributed by atoms with Crippen LogP contribution in [0.5, 0.6) is 11.5 Å². The summed E-state index contributed by atoms with van der Waals surface area (Å²) in [7, 11) is 0. The van der Waals surface area contributed by atoms with Crippen LogP contribution in [0.1, 0.15) is 16.0 Å². The van der Waals surface area contributed by atoms with Crippen molar-refractivity contribution < 1.29 is 14.3 Å². The summed E-state index contributed by atoms with van der Waals surface area (Å²) in [6.07, 6.45) is 1.88. The van der Waals surface area contributed by atoms with Gasteiger partial charge in [0.05, 0.1) is 0 Å². The van der Waals surface area contributed by atoms with Crippen molar-refractivity contribution in [3.8, 4) is 11.5 Å². The van der Waals surface area contributed by atoms with Gasteiger partial charge in [0.25, 0.3) is 0 Å². The van der Waals surface area contributed by atoms with Crippen LogP contribution < -0.4 is 20.1 Å². The van der Waals surface area contributed by atoms with E-state index in [1.807, 2.05) is 29.5 Å². The van der Waals surface area contributed by atoms with Crippen LogP contribution >= 0.6 is 11.3 Å². The maximum Gasteiger partial charge on any atom is 0.314 e. The first-order valence-electron chi connectivity index (χ1n) is 8.96. The lowest BCUT2D eigenvalue weighted by Gasteiger charge is -2.26. The standard InChI is InChI=1S/C19H23N3O3S/c23-19(20-6-3-14-1-2-16-17(11-14)25-13-24-16)21-7-9-22-8-4-18-15(12-22)5-10-26-18/h1-2,5,10-11H,3-4,6-9,12-13H2,(H2,20,21,23). The van der Waals surface area contributed by atoms with Crippen LogP contribution in [0.4, 0.5) is 4.79 Å². The van der Waals surface area contributed by atoms with Crippen molar-refractivity contribution in [2.45, 2.75) is 19.4 Å². The molecule has 3 heterocycles. The highest BCUT2D eigenvalue weighted by Crippen LogP contribution is 2.32. The van der Waals surface area contributed by atoms with Crippen LogP contribution in [-0.4, -0.2) is 43.9 Å². The monoisotopic (exact) mass is 373 g/mol. The van der Waals surface area contributed by atoms with E-state index in [0.717, 1.165) is 49.5 Å². The second-order valence-electron chi connectivity index (χ2n) is 6.52. The van der Waals surface area contributed by atoms with Gasteiger partial charge in [-0.2, -0.15) is 0 Å². The van der Waals surface area contributed by atoms with Gasteiger partial charge < -0.3 is 20.1 Å². The minimum Gasteiger partial charge on any atom is -0.454 e. The minimum atomic E-state index is -0.112. The number of ether oxygens (including phenoxy) is 2. The third-order valence-corrected chi connectivity index (χ3v) is 5.76. The number of carbonyl (C=O) groups is 1. The zero-order valence-corrected chi connectivity index (χ0v) is 15.4. The summed E-state index contributed by atoms with van der Waals surface area (Å²) in [6, 6.07) is 7.98. The molecule has 0 radical (unpaired) electrons. The van der Waals surface area contributed by atoms with E-state index in [9.17, 15) is 4.79 Å². The van der Waals surface area contributed by atoms with Crippen molar-refractivity contribution in [2.75, 3.05) is 33.0 Å². The fraction of sp³-hybridized carbons (Fsp3) is 0.421. The Kier molecular flexibility index (Phi) is 5.26. The number of hydrogen-bond acceptors (Lipinski definition) is 5. The molecule has 2 aliphatic rings. The second-order valence-corrected chi connectivity index (χ2v) is 7.52. The Labute approximate surface area is 157 Å². The molecule has 6 nitrogen and oxygen atoms in total. The lowest BCUT2D eigenvalue weighted by molar-refractivity contribution is 0.174. The molecule has 2 aliphatic heterocycles. The maximum absolute atomic E-state index is 11.9. The molecule has 4 rings (SSSR count). The summed E-state index contributed by atoms with van der Waals surface area (Å²) >= 11 is 1.85. The summed E-state index contributed by atoms with van der Waals surface area (Å²) in [4.78, 5) is 15.8. The Balaban J connectivity index is 1.13. The summed E-state index contributed by atoms with van der Waals surface area (Å²) in [5.41, 5.74) is 2.56. The highest BCUT2D eigenvalue weighted by atomic mass is 32.1. The largest absolute Gasteiger partial charge is 0.454 e. The van der Waals surface area contributed by atoms with Gasteiger partial charge in [0.15, 0.2) is 11.5 Å². The average molecular weight is 373 g/mol. The summed E-state index contributed by atoms with van der Waals surface area (Å²) in [6.45, 7) is 4.48. The zero-order chi connectivity index (χ0) is 17.8. The number of fused-ring (bicyclic) bond motifs is 2. The predicted molar refractivity (Wildman–Crippen MR) is 101 cm³/mol. The number of hydrogen-bond donors (Lipinski definition) is 2. The van der Waals surface area contributed by atoms with Gasteiger partial charge in [-0.25, -0.2) is 4.79 Å². The van der Waals surface area contributed by atoms with E-state index in [4.69, 9.17) is 9.47 Å². The SMILES string of the molecule is O=C(NCCc1ccc2c(c1)OCO2)NCCN1CCc2sccc2C1. The molecule has 1 aromatic heterocycles. The third kappa shape index (κ3) is 4.11. The summed E-state index contributed by atoms with van der Waals surface area (Å²) < 4.78 is 10.7. The number of nitrogens with one attached hydrogen (secondary N) is 2. The van der Waals surface area contributed by atoms with Gasteiger partial charge in [0, 0.05) is 37.6 Å². The van der Waals surface area contributed by atoms with Crippen LogP contribution in [0.2, 0.25) is 0 Å². The number of nitrogens with zero attached hydrogens (tertiary/aromatic N) is 1. The Morgan fingerprint density at radius 3 is 3.00 bits per heavy atom. The number of rotatable bonds is 6. The fourth-order valence-corrected chi connectivity index (χ4v) is 4.19. The summed E-state index contributed by atoms with van der Waals surface area (Å²) in [5, 5.41) is 8.02. The van der Waals surface area contributed by atoms with E-state index in [1.165, 1.54) is 10.4 Å². The molecule has 26 heavy (non-hydrogen) atoms. The molecule has 0 spiro atoms. The molecule has 7 heteroatoms. The molecule has 0 saturated heterocycles. The van der Waals surface area contributed by atoms with Crippen LogP contribution in [-0.2, 0) is 19.4 Å². The van der Waals surface area contributed by atoms with E-state index < -0.39 is 0 Å². The molecule has 2 amide bonds. The van der Waals surface area contributed by atoms with Crippen molar-refractivity contribution >= 4 is 17.4 Å². The molecule has 0 unspecified atom stereocenters. The number of thiophene rings is 1. The quantitative estimate of drug-likeness (QED) is 0.816. The van der Waals surface area contributed by atoms with Gasteiger partial charge in [0.1, 0.15) is 0 Å². The van der Waals surface area contributed by atoms with Crippen LogP contribution in [0, 0.1) is 0 Å². The van der Waals surface area contributed by atoms with Crippen molar-refractivity contribution in [2.24, 2.45) is 0 Å². The van der Waals surface area contributed by atoms with Crippen LogP contribution in [0.3, 0.4) is 0 Å². The van der Waals surface area contributed by atoms with Crippen molar-refractivity contribution in [3.05, 3.63) is 45.6 Å². The van der Waals surface area contributed by atoms with Gasteiger partial charge in [-0.05, 0) is 47.5 Å². The van der Waals surface area contributed by atoms with Gasteiger partial charge in [0.2, 0.25) is 6.79 Å². The third-order valence-electron chi connectivity index (χ3n) is 4.74. The molecule has 2 aromatic rings. The van der Waals surface area contributed by atoms with E-state index in [-0.39, 0.29) is 12.8 Å². The molecule has 0 atom stereocenters. The highest BCUT2D eigenvalue weighted by Gasteiger charge is 2.17. The number of carbonyl (C=O) groups excluding carboxylic acids is 1. The molecule has 0 fully saturated rings. The fourth-order valence-electron chi connectivity index (χ4n) is 3.30. The number of benzene rings is 1. The van der Waals surface area contributed by atoms with Gasteiger partial charge in [-0.1, -0.05) is 6.07 Å². The number of amides is 2. The molecule has 2 N–H and O–H groups in total. The molecule has 1 aromatic carbocycles. The average Bonchev–Trinajstić information content (AvgIpc) is 3.29. The van der Waals surface area contributed by atoms with E-state index in [0.29, 0.717) is 13.1 Å². The van der Waals surface area contributed by atoms with E-state index >= 15 is 0 Å². The van der Waals surface area contributed by atoms with E-state index in [1.54, 1.807) is 0 Å². The minimum absolute atomic E-state index is 0.112. The molecule has 0 saturated carbocycles. The lowest BCUT2D eigenvalue weighted by Crippen LogP contribution is -2.42. The smallest absolute Gasteiger partial charge is 0.314 e. The molecular weight excluding hydrogens is 350 g/mol. The van der Waals surface area contributed by atoms with Crippen LogP contribution in [0.25, 0.3) is 0 Å². The second kappa shape index (κ2) is 7.97. The Morgan fingerprint density at radius 2 is 2.04 bits per heavy atom. The van der Waals surface area contributed by atoms with E-state index in [2.05, 4.69) is 27.0 Å². The first-order chi connectivity index (χ1) is 12.8. The first-order valence-corrected chi connectivity index (χ1v) is 9.84. The Bertz CT molecular complexity index is 777. The lowest BCUT2D eigenvalue weighted by atomic mass is 10.1. The van der Waals surface area contributed by atoms with Crippen molar-refractivity contribution in [1.82, 2.24) is 15.5 Å². The molecule has 0 aliphatic carbocycles. The normalized spacial score (nSPS) is 15.5. The molecule has 0 bridgehead atoms. The maximum atomic E-state index is 11.9. The topological polar surface area (TPSA) is 62.8 Å². The van der Waals surface area contributed by atoms with Gasteiger partial charge >= 0.3 is 6.03 Å². The Hall–Kier alpha value is -2.25. The zero-order valence-electron chi connectivity index (χ0n) is 14.6. The molecular formula is C19H23N3O3S. The molecule has 138 valence electrons. The van der Waals surface area contributed by atoms with Crippen molar-refractivity contribution in [3.63, 3.8) is 0 Å². The summed E-state index contributed by atoms with van der Waals surface area (Å²) in [5.74, 6) is 1.56. The van der Waals surface area contributed by atoms with Crippen LogP contribution in [0.15, 0.2) is 29.6 Å². The highest BCUT2D eigenvalue weighted by molar-refractivity contribution is 7.10. The number of urea groups is 1. The van der Waals surface area contributed by atoms with Gasteiger partial charge in [-0.3, -0.25) is 4.90 Å².